The summed E-state index contributed by atoms with van der Waals surface area (Å²) in [7, 11) is 3.01. The van der Waals surface area contributed by atoms with Crippen molar-refractivity contribution in [3.63, 3.8) is 0 Å². The van der Waals surface area contributed by atoms with Gasteiger partial charge in [-0.25, -0.2) is 0 Å². The Balaban J connectivity index is 1.66. The molecule has 178 valence electrons. The number of rotatable bonds is 9. The number of methoxy groups -OCH3 is 2. The zero-order chi connectivity index (χ0) is 25.2. The van der Waals surface area contributed by atoms with Crippen LogP contribution in [-0.2, 0) is 9.59 Å². The summed E-state index contributed by atoms with van der Waals surface area (Å²) in [5.41, 5.74) is 1.41. The van der Waals surface area contributed by atoms with Gasteiger partial charge in [-0.3, -0.25) is 9.59 Å². The second-order valence-corrected chi connectivity index (χ2v) is 7.49. The molecule has 3 rings (SSSR count). The third-order valence-electron chi connectivity index (χ3n) is 4.72. The van der Waals surface area contributed by atoms with E-state index in [0.29, 0.717) is 39.2 Å². The highest BCUT2D eigenvalue weighted by Gasteiger charge is 2.13. The van der Waals surface area contributed by atoms with E-state index in [2.05, 4.69) is 10.6 Å². The molecule has 0 aromatic heterocycles. The van der Waals surface area contributed by atoms with Crippen molar-refractivity contribution >= 4 is 40.9 Å². The standard InChI is InChI=1S/C26H22ClN3O5/c1-33-20-10-8-19(9-11-20)29-25(31)16-35-23-12-7-17(14-24(23)34-2)13-18(15-28)26(32)30-22-6-4-3-5-21(22)27/h3-14H,16H2,1-2H3,(H,29,31)(H,30,32)/b18-13+. The first-order valence-corrected chi connectivity index (χ1v) is 10.7. The molecule has 3 aromatic carbocycles. The first kappa shape index (κ1) is 25.1. The second-order valence-electron chi connectivity index (χ2n) is 7.08. The molecule has 0 spiro atoms. The molecule has 0 aliphatic rings. The Labute approximate surface area is 207 Å². The molecule has 9 heteroatoms. The number of hydrogen-bond donors (Lipinski definition) is 2. The number of anilines is 2. The normalized spacial score (nSPS) is 10.6. The maximum Gasteiger partial charge on any atom is 0.266 e. The van der Waals surface area contributed by atoms with E-state index in [1.165, 1.54) is 13.2 Å². The lowest BCUT2D eigenvalue weighted by atomic mass is 10.1. The Hall–Kier alpha value is -4.48. The number of hydrogen-bond acceptors (Lipinski definition) is 6. The smallest absolute Gasteiger partial charge is 0.266 e. The Morgan fingerprint density at radius 2 is 1.71 bits per heavy atom. The van der Waals surface area contributed by atoms with Crippen molar-refractivity contribution in [1.29, 1.82) is 5.26 Å². The average molecular weight is 492 g/mol. The summed E-state index contributed by atoms with van der Waals surface area (Å²) in [6.07, 6.45) is 1.41. The molecule has 2 N–H and O–H groups in total. The molecule has 0 saturated carbocycles. The number of nitrogens with one attached hydrogen (secondary N) is 2. The van der Waals surface area contributed by atoms with Crippen LogP contribution in [0.4, 0.5) is 11.4 Å². The van der Waals surface area contributed by atoms with Crippen LogP contribution >= 0.6 is 11.6 Å². The SMILES string of the molecule is COc1ccc(NC(=O)COc2ccc(/C=C(\C#N)C(=O)Nc3ccccc3Cl)cc2OC)cc1. The summed E-state index contributed by atoms with van der Waals surface area (Å²) in [5, 5.41) is 15.2. The fraction of sp³-hybridized carbons (Fsp3) is 0.115. The Kier molecular flexibility index (Phi) is 8.70. The number of ether oxygens (including phenoxy) is 3. The number of amides is 2. The second kappa shape index (κ2) is 12.1. The van der Waals surface area contributed by atoms with Crippen LogP contribution in [0.5, 0.6) is 17.2 Å². The van der Waals surface area contributed by atoms with E-state index in [1.807, 2.05) is 6.07 Å². The summed E-state index contributed by atoms with van der Waals surface area (Å²) >= 11 is 6.06. The van der Waals surface area contributed by atoms with Gasteiger partial charge in [-0.15, -0.1) is 0 Å². The number of nitrogens with zero attached hydrogens (tertiary/aromatic N) is 1. The van der Waals surface area contributed by atoms with Crippen molar-refractivity contribution in [1.82, 2.24) is 0 Å². The van der Waals surface area contributed by atoms with Gasteiger partial charge in [0.05, 0.1) is 24.9 Å². The van der Waals surface area contributed by atoms with Crippen LogP contribution in [0.15, 0.2) is 72.3 Å². The van der Waals surface area contributed by atoms with Crippen molar-refractivity contribution in [3.05, 3.63) is 82.9 Å². The van der Waals surface area contributed by atoms with Gasteiger partial charge in [-0.1, -0.05) is 29.8 Å². The van der Waals surface area contributed by atoms with Crippen LogP contribution in [-0.4, -0.2) is 32.6 Å². The zero-order valence-corrected chi connectivity index (χ0v) is 19.8. The van der Waals surface area contributed by atoms with Crippen LogP contribution in [0.3, 0.4) is 0 Å². The minimum absolute atomic E-state index is 0.125. The lowest BCUT2D eigenvalue weighted by molar-refractivity contribution is -0.118. The first-order chi connectivity index (χ1) is 16.9. The summed E-state index contributed by atoms with van der Waals surface area (Å²) in [6.45, 7) is -0.249. The van der Waals surface area contributed by atoms with Gasteiger partial charge >= 0.3 is 0 Å². The van der Waals surface area contributed by atoms with Crippen molar-refractivity contribution in [2.45, 2.75) is 0 Å². The third kappa shape index (κ3) is 7.00. The minimum atomic E-state index is -0.602. The molecular weight excluding hydrogens is 470 g/mol. The van der Waals surface area contributed by atoms with Gasteiger partial charge in [0.2, 0.25) is 0 Å². The Morgan fingerprint density at radius 3 is 2.37 bits per heavy atom. The molecule has 2 amide bonds. The number of nitriles is 1. The highest BCUT2D eigenvalue weighted by Crippen LogP contribution is 2.29. The molecule has 0 saturated heterocycles. The van der Waals surface area contributed by atoms with Gasteiger partial charge in [-0.05, 0) is 60.2 Å². The number of carbonyl (C=O) groups is 2. The van der Waals surface area contributed by atoms with E-state index in [9.17, 15) is 14.9 Å². The zero-order valence-electron chi connectivity index (χ0n) is 19.0. The van der Waals surface area contributed by atoms with E-state index in [4.69, 9.17) is 25.8 Å². The topological polar surface area (TPSA) is 110 Å². The lowest BCUT2D eigenvalue weighted by Gasteiger charge is -2.12. The maximum absolute atomic E-state index is 12.5. The molecule has 0 atom stereocenters. The van der Waals surface area contributed by atoms with Gasteiger partial charge in [0.25, 0.3) is 11.8 Å². The highest BCUT2D eigenvalue weighted by molar-refractivity contribution is 6.34. The molecule has 0 fully saturated rings. The van der Waals surface area contributed by atoms with Crippen LogP contribution in [0.1, 0.15) is 5.56 Å². The number of para-hydroxylation sites is 1. The quantitative estimate of drug-likeness (QED) is 0.325. The molecule has 35 heavy (non-hydrogen) atoms. The number of carbonyl (C=O) groups excluding carboxylic acids is 2. The fourth-order valence-corrected chi connectivity index (χ4v) is 3.16. The van der Waals surface area contributed by atoms with Crippen molar-refractivity contribution in [3.8, 4) is 23.3 Å². The fourth-order valence-electron chi connectivity index (χ4n) is 2.98. The number of halogens is 1. The van der Waals surface area contributed by atoms with E-state index in [0.717, 1.165) is 0 Å². The van der Waals surface area contributed by atoms with Gasteiger partial charge < -0.3 is 24.8 Å². The summed E-state index contributed by atoms with van der Waals surface area (Å²) in [5.74, 6) is 0.381. The van der Waals surface area contributed by atoms with Gasteiger partial charge in [0, 0.05) is 5.69 Å². The maximum atomic E-state index is 12.5. The Morgan fingerprint density at radius 1 is 0.971 bits per heavy atom. The molecule has 0 radical (unpaired) electrons. The van der Waals surface area contributed by atoms with Gasteiger partial charge in [0.1, 0.15) is 17.4 Å². The molecule has 8 nitrogen and oxygen atoms in total. The molecule has 3 aromatic rings. The minimum Gasteiger partial charge on any atom is -0.497 e. The van der Waals surface area contributed by atoms with E-state index in [1.54, 1.807) is 73.8 Å². The van der Waals surface area contributed by atoms with E-state index < -0.39 is 5.91 Å². The van der Waals surface area contributed by atoms with Crippen molar-refractivity contribution < 1.29 is 23.8 Å². The molecular formula is C26H22ClN3O5. The van der Waals surface area contributed by atoms with E-state index >= 15 is 0 Å². The Bertz CT molecular complexity index is 1280. The van der Waals surface area contributed by atoms with Gasteiger partial charge in [0.15, 0.2) is 18.1 Å². The monoisotopic (exact) mass is 491 g/mol. The number of benzene rings is 3. The van der Waals surface area contributed by atoms with Crippen LogP contribution in [0.2, 0.25) is 5.02 Å². The first-order valence-electron chi connectivity index (χ1n) is 10.4. The van der Waals surface area contributed by atoms with Gasteiger partial charge in [-0.2, -0.15) is 5.26 Å². The predicted molar refractivity (Wildman–Crippen MR) is 134 cm³/mol. The third-order valence-corrected chi connectivity index (χ3v) is 5.05. The van der Waals surface area contributed by atoms with Crippen molar-refractivity contribution in [2.24, 2.45) is 0 Å². The molecule has 0 aliphatic heterocycles. The predicted octanol–water partition coefficient (Wildman–Crippen LogP) is 4.92. The highest BCUT2D eigenvalue weighted by atomic mass is 35.5. The lowest BCUT2D eigenvalue weighted by Crippen LogP contribution is -2.20. The van der Waals surface area contributed by atoms with Crippen LogP contribution < -0.4 is 24.8 Å². The largest absolute Gasteiger partial charge is 0.497 e. The summed E-state index contributed by atoms with van der Waals surface area (Å²) in [4.78, 5) is 24.7. The molecule has 0 aliphatic carbocycles. The average Bonchev–Trinajstić information content (AvgIpc) is 2.88. The van der Waals surface area contributed by atoms with Crippen LogP contribution in [0.25, 0.3) is 6.08 Å². The summed E-state index contributed by atoms with van der Waals surface area (Å²) < 4.78 is 16.0. The summed E-state index contributed by atoms with van der Waals surface area (Å²) in [6, 6.07) is 20.3. The van der Waals surface area contributed by atoms with Crippen LogP contribution in [0, 0.1) is 11.3 Å². The molecule has 0 bridgehead atoms. The van der Waals surface area contributed by atoms with E-state index in [-0.39, 0.29) is 18.1 Å². The molecule has 0 unspecified atom stereocenters. The molecule has 0 heterocycles. The van der Waals surface area contributed by atoms with Crippen molar-refractivity contribution in [2.75, 3.05) is 31.5 Å².